The molecule has 0 radical (unpaired) electrons. The molecule has 2 fully saturated rings. The summed E-state index contributed by atoms with van der Waals surface area (Å²) in [5, 5.41) is 13.7. The van der Waals surface area contributed by atoms with Crippen molar-refractivity contribution in [3.8, 4) is 11.8 Å². The topological polar surface area (TPSA) is 72.9 Å². The summed E-state index contributed by atoms with van der Waals surface area (Å²) < 4.78 is 0. The maximum atomic E-state index is 13.1. The van der Waals surface area contributed by atoms with E-state index in [1.165, 1.54) is 9.80 Å². The molecule has 0 aliphatic carbocycles. The number of aliphatic hydroxyl groups is 1. The number of nitrogens with zero attached hydrogens (tertiary/aromatic N) is 2. The number of aliphatic hydroxyl groups excluding tert-OH is 1. The first kappa shape index (κ1) is 19.3. The third-order valence-electron chi connectivity index (χ3n) is 5.35. The molecule has 2 saturated heterocycles. The van der Waals surface area contributed by atoms with Gasteiger partial charge in [0.1, 0.15) is 11.8 Å². The summed E-state index contributed by atoms with van der Waals surface area (Å²) >= 11 is 6.44. The van der Waals surface area contributed by atoms with Gasteiger partial charge in [-0.15, -0.1) is 0 Å². The molecule has 2 aromatic rings. The van der Waals surface area contributed by atoms with E-state index in [9.17, 15) is 14.7 Å². The predicted octanol–water partition coefficient (Wildman–Crippen LogP) is 2.58. The van der Waals surface area contributed by atoms with Crippen molar-refractivity contribution in [1.82, 2.24) is 10.2 Å². The van der Waals surface area contributed by atoms with E-state index in [2.05, 4.69) is 17.2 Å². The molecule has 2 atom stereocenters. The number of halogens is 1. The molecular formula is C22H20ClN3O3. The maximum Gasteiger partial charge on any atom is 0.327 e. The molecule has 3 amide bonds. The van der Waals surface area contributed by atoms with E-state index in [1.54, 1.807) is 25.1 Å². The van der Waals surface area contributed by atoms with Crippen LogP contribution in [0.15, 0.2) is 48.5 Å². The predicted molar refractivity (Wildman–Crippen MR) is 110 cm³/mol. The first-order chi connectivity index (χ1) is 13.9. The number of hydrogen-bond acceptors (Lipinski definition) is 3. The molecular weight excluding hydrogens is 390 g/mol. The molecule has 0 spiro atoms. The zero-order valence-electron chi connectivity index (χ0n) is 15.9. The Labute approximate surface area is 174 Å². The van der Waals surface area contributed by atoms with E-state index in [0.29, 0.717) is 29.4 Å². The Morgan fingerprint density at radius 3 is 2.59 bits per heavy atom. The minimum atomic E-state index is -1.16. The Morgan fingerprint density at radius 2 is 1.86 bits per heavy atom. The number of fused-ring (bicyclic) bond motifs is 1. The number of carbonyl (C=O) groups excluding carboxylic acids is 2. The van der Waals surface area contributed by atoms with Crippen molar-refractivity contribution in [1.29, 1.82) is 0 Å². The Morgan fingerprint density at radius 1 is 1.14 bits per heavy atom. The van der Waals surface area contributed by atoms with E-state index in [0.717, 1.165) is 5.56 Å². The standard InChI is InChI=1S/C22H20ClN3O3/c1-22-14-19(27)26(21(29)25(22)12-11-24-20(22)28)18-10-9-16(13-17(18)23)8-7-15-5-3-2-4-6-15/h2-6,9-10,13,19,27H,11-12,14H2,1H3,(H,24,28)/t19?,22-/m1/s1. The summed E-state index contributed by atoms with van der Waals surface area (Å²) in [6.45, 7) is 2.43. The second kappa shape index (κ2) is 7.43. The first-order valence-corrected chi connectivity index (χ1v) is 9.72. The highest BCUT2D eigenvalue weighted by Crippen LogP contribution is 2.37. The van der Waals surface area contributed by atoms with E-state index >= 15 is 0 Å². The fourth-order valence-corrected chi connectivity index (χ4v) is 4.04. The lowest BCUT2D eigenvalue weighted by Crippen LogP contribution is -2.72. The number of anilines is 1. The lowest BCUT2D eigenvalue weighted by molar-refractivity contribution is -0.137. The van der Waals surface area contributed by atoms with E-state index in [4.69, 9.17) is 11.6 Å². The van der Waals surface area contributed by atoms with Crippen LogP contribution in [0.3, 0.4) is 0 Å². The van der Waals surface area contributed by atoms with Crippen LogP contribution >= 0.6 is 11.6 Å². The molecule has 0 saturated carbocycles. The fraction of sp³-hybridized carbons (Fsp3) is 0.273. The fourth-order valence-electron chi connectivity index (χ4n) is 3.76. The number of rotatable bonds is 1. The van der Waals surface area contributed by atoms with Gasteiger partial charge in [-0.1, -0.05) is 41.6 Å². The van der Waals surface area contributed by atoms with Crippen molar-refractivity contribution in [3.05, 3.63) is 64.7 Å². The van der Waals surface area contributed by atoms with Gasteiger partial charge < -0.3 is 15.3 Å². The number of piperazine rings is 1. The lowest BCUT2D eigenvalue weighted by atomic mass is 9.88. The summed E-state index contributed by atoms with van der Waals surface area (Å²) in [5.74, 6) is 5.85. The molecule has 4 rings (SSSR count). The molecule has 7 heteroatoms. The Balaban J connectivity index is 1.62. The smallest absolute Gasteiger partial charge is 0.327 e. The quantitative estimate of drug-likeness (QED) is 0.711. The van der Waals surface area contributed by atoms with Crippen LogP contribution in [0.5, 0.6) is 0 Å². The average molecular weight is 410 g/mol. The molecule has 2 aromatic carbocycles. The minimum Gasteiger partial charge on any atom is -0.373 e. The molecule has 29 heavy (non-hydrogen) atoms. The second-order valence-electron chi connectivity index (χ2n) is 7.30. The SMILES string of the molecule is C[C@]12CC(O)N(c3ccc(C#Cc4ccccc4)cc3Cl)C(=O)N1CCNC2=O. The Kier molecular flexibility index (Phi) is 4.95. The highest BCUT2D eigenvalue weighted by Gasteiger charge is 2.53. The van der Waals surface area contributed by atoms with Gasteiger partial charge in [0.05, 0.1) is 10.7 Å². The summed E-state index contributed by atoms with van der Waals surface area (Å²) in [7, 11) is 0. The van der Waals surface area contributed by atoms with Crippen LogP contribution in [0.2, 0.25) is 5.02 Å². The molecule has 2 aliphatic rings. The van der Waals surface area contributed by atoms with Crippen LogP contribution in [0.4, 0.5) is 10.5 Å². The van der Waals surface area contributed by atoms with Crippen molar-refractivity contribution in [3.63, 3.8) is 0 Å². The van der Waals surface area contributed by atoms with Gasteiger partial charge in [-0.05, 0) is 37.3 Å². The highest BCUT2D eigenvalue weighted by atomic mass is 35.5. The summed E-state index contributed by atoms with van der Waals surface area (Å²) in [6.07, 6.45) is -1.07. The van der Waals surface area contributed by atoms with Crippen molar-refractivity contribution in [2.24, 2.45) is 0 Å². The molecule has 0 aromatic heterocycles. The molecule has 2 heterocycles. The largest absolute Gasteiger partial charge is 0.373 e. The monoisotopic (exact) mass is 409 g/mol. The van der Waals surface area contributed by atoms with Crippen LogP contribution in [0.1, 0.15) is 24.5 Å². The Bertz CT molecular complexity index is 1030. The van der Waals surface area contributed by atoms with Crippen LogP contribution in [0, 0.1) is 11.8 Å². The Hall–Kier alpha value is -3.01. The first-order valence-electron chi connectivity index (χ1n) is 9.34. The average Bonchev–Trinajstić information content (AvgIpc) is 2.70. The van der Waals surface area contributed by atoms with E-state index in [1.807, 2.05) is 30.3 Å². The summed E-state index contributed by atoms with van der Waals surface area (Å²) in [4.78, 5) is 28.1. The normalized spacial score (nSPS) is 23.8. The third-order valence-corrected chi connectivity index (χ3v) is 5.66. The number of nitrogens with one attached hydrogen (secondary N) is 1. The minimum absolute atomic E-state index is 0.0937. The summed E-state index contributed by atoms with van der Waals surface area (Å²) in [6, 6.07) is 14.2. The third kappa shape index (κ3) is 3.44. The van der Waals surface area contributed by atoms with Gasteiger partial charge in [0.2, 0.25) is 5.91 Å². The van der Waals surface area contributed by atoms with Crippen molar-refractivity contribution < 1.29 is 14.7 Å². The molecule has 2 aliphatic heterocycles. The lowest BCUT2D eigenvalue weighted by Gasteiger charge is -2.51. The number of hydrogen-bond donors (Lipinski definition) is 2. The molecule has 6 nitrogen and oxygen atoms in total. The zero-order valence-corrected chi connectivity index (χ0v) is 16.6. The number of benzene rings is 2. The second-order valence-corrected chi connectivity index (χ2v) is 7.71. The van der Waals surface area contributed by atoms with Gasteiger partial charge in [0, 0.05) is 30.6 Å². The number of carbonyl (C=O) groups is 2. The van der Waals surface area contributed by atoms with Gasteiger partial charge in [-0.2, -0.15) is 0 Å². The van der Waals surface area contributed by atoms with Gasteiger partial charge >= 0.3 is 6.03 Å². The molecule has 2 N–H and O–H groups in total. The van der Waals surface area contributed by atoms with Crippen molar-refractivity contribution in [2.45, 2.75) is 25.1 Å². The van der Waals surface area contributed by atoms with Crippen LogP contribution in [0.25, 0.3) is 0 Å². The van der Waals surface area contributed by atoms with Crippen molar-refractivity contribution in [2.75, 3.05) is 18.0 Å². The van der Waals surface area contributed by atoms with Gasteiger partial charge in [0.25, 0.3) is 0 Å². The van der Waals surface area contributed by atoms with Gasteiger partial charge in [-0.3, -0.25) is 9.69 Å². The summed E-state index contributed by atoms with van der Waals surface area (Å²) in [5.41, 5.74) is 0.905. The maximum absolute atomic E-state index is 13.1. The van der Waals surface area contributed by atoms with Crippen LogP contribution in [-0.2, 0) is 4.79 Å². The zero-order chi connectivity index (χ0) is 20.6. The van der Waals surface area contributed by atoms with E-state index in [-0.39, 0.29) is 12.3 Å². The molecule has 148 valence electrons. The van der Waals surface area contributed by atoms with Gasteiger partial charge in [-0.25, -0.2) is 4.79 Å². The van der Waals surface area contributed by atoms with E-state index < -0.39 is 17.8 Å². The highest BCUT2D eigenvalue weighted by molar-refractivity contribution is 6.34. The molecule has 1 unspecified atom stereocenters. The number of urea groups is 1. The molecule has 0 bridgehead atoms. The van der Waals surface area contributed by atoms with Gasteiger partial charge in [0.15, 0.2) is 0 Å². The van der Waals surface area contributed by atoms with Crippen LogP contribution in [-0.4, -0.2) is 46.8 Å². The van der Waals surface area contributed by atoms with Crippen molar-refractivity contribution >= 4 is 29.2 Å². The number of amides is 3. The van der Waals surface area contributed by atoms with Crippen LogP contribution < -0.4 is 10.2 Å².